The summed E-state index contributed by atoms with van der Waals surface area (Å²) in [6.45, 7) is 0. The Morgan fingerprint density at radius 1 is 1.00 bits per heavy atom. The zero-order valence-electron chi connectivity index (χ0n) is 4.57. The van der Waals surface area contributed by atoms with Crippen LogP contribution in [0.4, 0.5) is 0 Å². The van der Waals surface area contributed by atoms with E-state index in [1.54, 1.807) is 0 Å². The van der Waals surface area contributed by atoms with Crippen LogP contribution >= 0.6 is 0 Å². The van der Waals surface area contributed by atoms with Crippen molar-refractivity contribution in [3.05, 3.63) is 0 Å². The summed E-state index contributed by atoms with van der Waals surface area (Å²) in [5.74, 6) is 0. The van der Waals surface area contributed by atoms with E-state index < -0.39 is 10.3 Å². The molecule has 0 spiro atoms. The summed E-state index contributed by atoms with van der Waals surface area (Å²) in [7, 11) is -4.17. The van der Waals surface area contributed by atoms with Crippen molar-refractivity contribution in [1.82, 2.24) is 0 Å². The standard InChI is InChI=1S/H3NO3S.Ni.4H2O/c1-5(2,3)4;;;;;/h(H3,1,2,3,4);;4*1H2. The van der Waals surface area contributed by atoms with E-state index in [9.17, 15) is 0 Å². The van der Waals surface area contributed by atoms with E-state index >= 15 is 0 Å². The first kappa shape index (κ1) is 48.9. The van der Waals surface area contributed by atoms with Gasteiger partial charge < -0.3 is 21.9 Å². The fourth-order valence-electron chi connectivity index (χ4n) is 0. The Morgan fingerprint density at radius 3 is 1.00 bits per heavy atom. The van der Waals surface area contributed by atoms with Gasteiger partial charge in [0.05, 0.1) is 0 Å². The zero-order valence-corrected chi connectivity index (χ0v) is 6.37. The molecule has 0 aliphatic rings. The van der Waals surface area contributed by atoms with Gasteiger partial charge in [-0.3, -0.25) is 4.55 Å². The molecule has 0 aromatic carbocycles. The van der Waals surface area contributed by atoms with Gasteiger partial charge in [-0.05, 0) is 0 Å². The van der Waals surface area contributed by atoms with Crippen LogP contribution in [0.15, 0.2) is 0 Å². The minimum Gasteiger partial charge on any atom is -0.412 e. The summed E-state index contributed by atoms with van der Waals surface area (Å²) in [6, 6.07) is 0. The van der Waals surface area contributed by atoms with Crippen molar-refractivity contribution in [2.45, 2.75) is 0 Å². The van der Waals surface area contributed by atoms with Crippen LogP contribution in [0.3, 0.4) is 0 Å². The molecule has 0 radical (unpaired) electrons. The van der Waals surface area contributed by atoms with Crippen molar-refractivity contribution in [3.8, 4) is 0 Å². The van der Waals surface area contributed by atoms with Gasteiger partial charge in [0.15, 0.2) is 0 Å². The SMILES string of the molecule is NS(=O)(=O)O.O.O.O.O.[Ni]. The first-order chi connectivity index (χ1) is 2.00. The first-order valence-corrected chi connectivity index (χ1v) is 2.25. The van der Waals surface area contributed by atoms with E-state index in [1.807, 2.05) is 0 Å². The average Bonchev–Trinajstić information content (AvgIpc) is 0.722. The van der Waals surface area contributed by atoms with Gasteiger partial charge in [0, 0.05) is 16.5 Å². The second-order valence-corrected chi connectivity index (χ2v) is 1.54. The Kier molecular flexibility index (Phi) is 78.7. The van der Waals surface area contributed by atoms with Gasteiger partial charge in [0.1, 0.15) is 0 Å². The third kappa shape index (κ3) is 10300. The predicted molar refractivity (Wildman–Crippen MR) is 30.2 cm³/mol. The molecule has 0 saturated heterocycles. The Bertz CT molecular complexity index is 96.8. The van der Waals surface area contributed by atoms with Crippen LogP contribution < -0.4 is 5.14 Å². The maximum absolute atomic E-state index is 8.97. The molecule has 11 N–H and O–H groups in total. The van der Waals surface area contributed by atoms with Crippen molar-refractivity contribution in [2.75, 3.05) is 0 Å². The fraction of sp³-hybridized carbons (Fsp3) is 0. The molecule has 74 valence electrons. The van der Waals surface area contributed by atoms with Crippen LogP contribution in [0.25, 0.3) is 0 Å². The molecule has 10 heteroatoms. The van der Waals surface area contributed by atoms with Crippen LogP contribution in [-0.2, 0) is 26.8 Å². The molecule has 0 bridgehead atoms. The Morgan fingerprint density at radius 2 is 1.00 bits per heavy atom. The van der Waals surface area contributed by atoms with Crippen LogP contribution in [0.2, 0.25) is 0 Å². The van der Waals surface area contributed by atoms with Gasteiger partial charge >= 0.3 is 10.3 Å². The molecule has 0 heterocycles. The smallest absolute Gasteiger partial charge is 0.330 e. The molecule has 0 fully saturated rings. The summed E-state index contributed by atoms with van der Waals surface area (Å²) in [5, 5.41) is 3.88. The van der Waals surface area contributed by atoms with Crippen LogP contribution in [0.5, 0.6) is 0 Å². The Hall–Kier alpha value is 0.204. The Labute approximate surface area is 67.4 Å². The second-order valence-electron chi connectivity index (χ2n) is 0.515. The third-order valence-electron chi connectivity index (χ3n) is 0. The zero-order chi connectivity index (χ0) is 4.50. The van der Waals surface area contributed by atoms with E-state index in [0.29, 0.717) is 0 Å². The van der Waals surface area contributed by atoms with Crippen molar-refractivity contribution in [2.24, 2.45) is 5.14 Å². The second kappa shape index (κ2) is 16.1. The third-order valence-corrected chi connectivity index (χ3v) is 0. The van der Waals surface area contributed by atoms with Gasteiger partial charge in [-0.15, -0.1) is 0 Å². The summed E-state index contributed by atoms with van der Waals surface area (Å²) in [6.07, 6.45) is 0. The van der Waals surface area contributed by atoms with Gasteiger partial charge in [0.2, 0.25) is 0 Å². The average molecular weight is 228 g/mol. The molecule has 0 aliphatic carbocycles. The molecule has 0 amide bonds. The van der Waals surface area contributed by atoms with Crippen molar-refractivity contribution < 1.29 is 51.4 Å². The summed E-state index contributed by atoms with van der Waals surface area (Å²) < 4.78 is 25.2. The fourth-order valence-corrected chi connectivity index (χ4v) is 0. The topological polar surface area (TPSA) is 206 Å². The minimum absolute atomic E-state index is 0. The minimum atomic E-state index is -4.17. The van der Waals surface area contributed by atoms with E-state index in [-0.39, 0.29) is 38.4 Å². The summed E-state index contributed by atoms with van der Waals surface area (Å²) >= 11 is 0. The van der Waals surface area contributed by atoms with Crippen molar-refractivity contribution in [1.29, 1.82) is 0 Å². The van der Waals surface area contributed by atoms with Gasteiger partial charge in [-0.1, -0.05) is 0 Å². The number of nitrogens with two attached hydrogens (primary N) is 1. The van der Waals surface area contributed by atoms with Crippen molar-refractivity contribution in [3.63, 3.8) is 0 Å². The molecule has 10 heavy (non-hydrogen) atoms. The first-order valence-electron chi connectivity index (χ1n) is 0.752. The van der Waals surface area contributed by atoms with Crippen molar-refractivity contribution >= 4 is 10.3 Å². The molecular weight excluding hydrogens is 217 g/mol. The van der Waals surface area contributed by atoms with Crippen LogP contribution in [0, 0.1) is 0 Å². The summed E-state index contributed by atoms with van der Waals surface area (Å²) in [5.41, 5.74) is 0. The molecular formula is H11NNiO7S. The monoisotopic (exact) mass is 227 g/mol. The maximum atomic E-state index is 8.97. The van der Waals surface area contributed by atoms with Gasteiger partial charge in [-0.25, -0.2) is 5.14 Å². The number of hydrogen-bond donors (Lipinski definition) is 2. The maximum Gasteiger partial charge on any atom is 0.330 e. The largest absolute Gasteiger partial charge is 0.412 e. The quantitative estimate of drug-likeness (QED) is 0.310. The van der Waals surface area contributed by atoms with Gasteiger partial charge in [-0.2, -0.15) is 8.42 Å². The molecule has 0 unspecified atom stereocenters. The molecule has 8 nitrogen and oxygen atoms in total. The Balaban J connectivity index is -0.00000000800. The normalized spacial score (nSPS) is 5.80. The molecule has 0 aliphatic heterocycles. The molecule has 0 aromatic heterocycles. The molecule has 0 saturated carbocycles. The van der Waals surface area contributed by atoms with Crippen LogP contribution in [0.1, 0.15) is 0 Å². The van der Waals surface area contributed by atoms with E-state index in [0.717, 1.165) is 0 Å². The van der Waals surface area contributed by atoms with E-state index in [2.05, 4.69) is 5.14 Å². The van der Waals surface area contributed by atoms with Crippen LogP contribution in [-0.4, -0.2) is 34.9 Å². The van der Waals surface area contributed by atoms with E-state index in [4.69, 9.17) is 13.0 Å². The van der Waals surface area contributed by atoms with E-state index in [1.165, 1.54) is 0 Å². The number of hydrogen-bond acceptors (Lipinski definition) is 2. The molecule has 0 aromatic rings. The number of rotatable bonds is 0. The molecule has 0 atom stereocenters. The predicted octanol–water partition coefficient (Wildman–Crippen LogP) is -4.55. The van der Waals surface area contributed by atoms with Gasteiger partial charge in [0.25, 0.3) is 0 Å². The molecule has 0 rings (SSSR count). The summed E-state index contributed by atoms with van der Waals surface area (Å²) in [4.78, 5) is 0.